The molecule has 0 radical (unpaired) electrons. The average molecular weight is 266 g/mol. The summed E-state index contributed by atoms with van der Waals surface area (Å²) in [5, 5.41) is 0. The van der Waals surface area contributed by atoms with Gasteiger partial charge in [-0.25, -0.2) is 4.79 Å². The standard InChI is InChI=1S/C15H22O4/c1-15(2,3)19-14(16)12-17-10-7-11-18-13-8-5-4-6-9-13/h4-6,8-9H,7,10-12H2,1-3H3. The van der Waals surface area contributed by atoms with Crippen molar-refractivity contribution in [3.05, 3.63) is 30.3 Å². The van der Waals surface area contributed by atoms with Gasteiger partial charge in [0, 0.05) is 6.42 Å². The summed E-state index contributed by atoms with van der Waals surface area (Å²) in [6.07, 6.45) is 0.734. The Balaban J connectivity index is 2.01. The van der Waals surface area contributed by atoms with E-state index in [4.69, 9.17) is 14.2 Å². The Kier molecular flexibility index (Phi) is 6.36. The van der Waals surface area contributed by atoms with E-state index >= 15 is 0 Å². The average Bonchev–Trinajstić information content (AvgIpc) is 2.32. The summed E-state index contributed by atoms with van der Waals surface area (Å²) in [6, 6.07) is 9.60. The molecule has 0 aliphatic rings. The Labute approximate surface area is 114 Å². The predicted octanol–water partition coefficient (Wildman–Crippen LogP) is 2.81. The van der Waals surface area contributed by atoms with Gasteiger partial charge in [0.05, 0.1) is 13.2 Å². The summed E-state index contributed by atoms with van der Waals surface area (Å²) in [7, 11) is 0. The molecule has 0 aliphatic carbocycles. The maximum absolute atomic E-state index is 11.3. The van der Waals surface area contributed by atoms with Crippen LogP contribution in [0.25, 0.3) is 0 Å². The summed E-state index contributed by atoms with van der Waals surface area (Å²) in [5.74, 6) is 0.506. The molecule has 0 amide bonds. The molecule has 0 heterocycles. The lowest BCUT2D eigenvalue weighted by Gasteiger charge is -2.19. The summed E-state index contributed by atoms with van der Waals surface area (Å²) in [5.41, 5.74) is -0.461. The number of carbonyl (C=O) groups excluding carboxylic acids is 1. The molecule has 0 unspecified atom stereocenters. The Morgan fingerprint density at radius 3 is 2.42 bits per heavy atom. The van der Waals surface area contributed by atoms with Gasteiger partial charge in [-0.05, 0) is 32.9 Å². The third-order valence-corrected chi connectivity index (χ3v) is 2.08. The molecule has 106 valence electrons. The monoisotopic (exact) mass is 266 g/mol. The largest absolute Gasteiger partial charge is 0.494 e. The Morgan fingerprint density at radius 2 is 1.79 bits per heavy atom. The van der Waals surface area contributed by atoms with Gasteiger partial charge in [0.15, 0.2) is 0 Å². The summed E-state index contributed by atoms with van der Waals surface area (Å²) in [6.45, 7) is 6.53. The third-order valence-electron chi connectivity index (χ3n) is 2.08. The maximum atomic E-state index is 11.3. The first kappa shape index (κ1) is 15.5. The van der Waals surface area contributed by atoms with Crippen molar-refractivity contribution in [2.45, 2.75) is 32.8 Å². The summed E-state index contributed by atoms with van der Waals surface area (Å²) >= 11 is 0. The second kappa shape index (κ2) is 7.79. The zero-order chi connectivity index (χ0) is 14.1. The van der Waals surface area contributed by atoms with Crippen molar-refractivity contribution in [1.82, 2.24) is 0 Å². The summed E-state index contributed by atoms with van der Waals surface area (Å²) < 4.78 is 15.8. The van der Waals surface area contributed by atoms with Crippen LogP contribution < -0.4 is 4.74 Å². The topological polar surface area (TPSA) is 44.8 Å². The lowest BCUT2D eigenvalue weighted by atomic mass is 10.2. The second-order valence-electron chi connectivity index (χ2n) is 5.15. The zero-order valence-electron chi connectivity index (χ0n) is 11.8. The molecular formula is C15H22O4. The number of carbonyl (C=O) groups is 1. The van der Waals surface area contributed by atoms with Crippen molar-refractivity contribution in [2.24, 2.45) is 0 Å². The highest BCUT2D eigenvalue weighted by molar-refractivity contribution is 5.71. The fourth-order valence-corrected chi connectivity index (χ4v) is 1.39. The molecule has 0 spiro atoms. The minimum atomic E-state index is -0.461. The van der Waals surface area contributed by atoms with Gasteiger partial charge in [-0.1, -0.05) is 18.2 Å². The van der Waals surface area contributed by atoms with E-state index in [1.165, 1.54) is 0 Å². The highest BCUT2D eigenvalue weighted by Gasteiger charge is 2.15. The van der Waals surface area contributed by atoms with Gasteiger partial charge >= 0.3 is 5.97 Å². The molecule has 0 N–H and O–H groups in total. The molecule has 4 nitrogen and oxygen atoms in total. The van der Waals surface area contributed by atoms with Gasteiger partial charge in [-0.3, -0.25) is 0 Å². The number of benzene rings is 1. The maximum Gasteiger partial charge on any atom is 0.332 e. The van der Waals surface area contributed by atoms with Crippen molar-refractivity contribution < 1.29 is 19.0 Å². The molecule has 0 bridgehead atoms. The van der Waals surface area contributed by atoms with E-state index in [1.807, 2.05) is 51.1 Å². The van der Waals surface area contributed by atoms with Crippen molar-refractivity contribution in [3.63, 3.8) is 0 Å². The Hall–Kier alpha value is -1.55. The number of esters is 1. The van der Waals surface area contributed by atoms with Crippen LogP contribution in [0.3, 0.4) is 0 Å². The Bertz CT molecular complexity index is 367. The van der Waals surface area contributed by atoms with Crippen molar-refractivity contribution in [1.29, 1.82) is 0 Å². The minimum absolute atomic E-state index is 0.0113. The lowest BCUT2D eigenvalue weighted by molar-refractivity contribution is -0.160. The lowest BCUT2D eigenvalue weighted by Crippen LogP contribution is -2.26. The van der Waals surface area contributed by atoms with Crippen molar-refractivity contribution >= 4 is 5.97 Å². The van der Waals surface area contributed by atoms with Crippen LogP contribution in [0, 0.1) is 0 Å². The molecule has 1 aromatic rings. The molecular weight excluding hydrogens is 244 g/mol. The zero-order valence-corrected chi connectivity index (χ0v) is 11.8. The van der Waals surface area contributed by atoms with E-state index in [0.717, 1.165) is 12.2 Å². The van der Waals surface area contributed by atoms with Gasteiger partial charge < -0.3 is 14.2 Å². The van der Waals surface area contributed by atoms with Crippen LogP contribution in [0.2, 0.25) is 0 Å². The normalized spacial score (nSPS) is 11.1. The number of hydrogen-bond donors (Lipinski definition) is 0. The first-order valence-corrected chi connectivity index (χ1v) is 6.45. The first-order valence-electron chi connectivity index (χ1n) is 6.45. The van der Waals surface area contributed by atoms with Crippen LogP contribution in [-0.2, 0) is 14.3 Å². The van der Waals surface area contributed by atoms with Gasteiger partial charge in [-0.15, -0.1) is 0 Å². The SMILES string of the molecule is CC(C)(C)OC(=O)COCCCOc1ccccc1. The molecule has 0 atom stereocenters. The van der Waals surface area contributed by atoms with E-state index < -0.39 is 5.60 Å². The predicted molar refractivity (Wildman–Crippen MR) is 73.2 cm³/mol. The molecule has 0 aliphatic heterocycles. The van der Waals surface area contributed by atoms with E-state index in [-0.39, 0.29) is 12.6 Å². The fraction of sp³-hybridized carbons (Fsp3) is 0.533. The van der Waals surface area contributed by atoms with Crippen molar-refractivity contribution in [2.75, 3.05) is 19.8 Å². The highest BCUT2D eigenvalue weighted by atomic mass is 16.6. The van der Waals surface area contributed by atoms with Crippen LogP contribution in [0.1, 0.15) is 27.2 Å². The number of hydrogen-bond acceptors (Lipinski definition) is 4. The third kappa shape index (κ3) is 8.21. The molecule has 0 saturated heterocycles. The van der Waals surface area contributed by atoms with Crippen LogP contribution >= 0.6 is 0 Å². The molecule has 1 rings (SSSR count). The molecule has 19 heavy (non-hydrogen) atoms. The molecule has 0 fully saturated rings. The van der Waals surface area contributed by atoms with E-state index in [2.05, 4.69) is 0 Å². The molecule has 0 saturated carbocycles. The van der Waals surface area contributed by atoms with Crippen LogP contribution in [0.15, 0.2) is 30.3 Å². The Morgan fingerprint density at radius 1 is 1.11 bits per heavy atom. The van der Waals surface area contributed by atoms with Gasteiger partial charge in [-0.2, -0.15) is 0 Å². The molecule has 0 aromatic heterocycles. The van der Waals surface area contributed by atoms with E-state index in [9.17, 15) is 4.79 Å². The van der Waals surface area contributed by atoms with Crippen molar-refractivity contribution in [3.8, 4) is 5.75 Å². The van der Waals surface area contributed by atoms with Gasteiger partial charge in [0.2, 0.25) is 0 Å². The second-order valence-corrected chi connectivity index (χ2v) is 5.15. The quantitative estimate of drug-likeness (QED) is 0.562. The number of para-hydroxylation sites is 1. The molecule has 4 heteroatoms. The number of rotatable bonds is 7. The highest BCUT2D eigenvalue weighted by Crippen LogP contribution is 2.08. The summed E-state index contributed by atoms with van der Waals surface area (Å²) in [4.78, 5) is 11.3. The fourth-order valence-electron chi connectivity index (χ4n) is 1.39. The number of ether oxygens (including phenoxy) is 3. The van der Waals surface area contributed by atoms with E-state index in [0.29, 0.717) is 13.2 Å². The van der Waals surface area contributed by atoms with Crippen LogP contribution in [0.4, 0.5) is 0 Å². The van der Waals surface area contributed by atoms with Gasteiger partial charge in [0.1, 0.15) is 18.0 Å². The van der Waals surface area contributed by atoms with Crippen LogP contribution in [0.5, 0.6) is 5.75 Å². The van der Waals surface area contributed by atoms with Crippen LogP contribution in [-0.4, -0.2) is 31.4 Å². The first-order chi connectivity index (χ1) is 8.97. The molecule has 1 aromatic carbocycles. The van der Waals surface area contributed by atoms with Gasteiger partial charge in [0.25, 0.3) is 0 Å². The smallest absolute Gasteiger partial charge is 0.332 e. The van der Waals surface area contributed by atoms with E-state index in [1.54, 1.807) is 0 Å². The minimum Gasteiger partial charge on any atom is -0.494 e.